The maximum atomic E-state index is 5.74. The Balaban J connectivity index is 1.82. The first-order valence-electron chi connectivity index (χ1n) is 6.00. The van der Waals surface area contributed by atoms with E-state index in [1.54, 1.807) is 23.7 Å². The maximum absolute atomic E-state index is 5.74. The van der Waals surface area contributed by atoms with Gasteiger partial charge in [-0.3, -0.25) is 0 Å². The molecule has 100 valence electrons. The van der Waals surface area contributed by atoms with Crippen LogP contribution in [0.3, 0.4) is 0 Å². The van der Waals surface area contributed by atoms with Crippen LogP contribution in [0, 0.1) is 0 Å². The molecule has 0 aliphatic rings. The number of rotatable bonds is 4. The van der Waals surface area contributed by atoms with Crippen LogP contribution >= 0.6 is 22.9 Å². The summed E-state index contributed by atoms with van der Waals surface area (Å²) in [7, 11) is 0. The number of nitrogens with one attached hydrogen (secondary N) is 1. The fourth-order valence-electron chi connectivity index (χ4n) is 1.68. The highest BCUT2D eigenvalue weighted by atomic mass is 35.5. The van der Waals surface area contributed by atoms with Gasteiger partial charge in [0, 0.05) is 23.7 Å². The normalized spacial score (nSPS) is 10.4. The minimum atomic E-state index is 0.463. The number of halogens is 1. The lowest BCUT2D eigenvalue weighted by molar-refractivity contribution is 1.21. The number of anilines is 2. The smallest absolute Gasteiger partial charge is 0.141 e. The van der Waals surface area contributed by atoms with E-state index in [-0.39, 0.29) is 0 Å². The molecule has 3 aromatic heterocycles. The van der Waals surface area contributed by atoms with Crippen molar-refractivity contribution in [2.75, 3.05) is 5.32 Å². The van der Waals surface area contributed by atoms with Gasteiger partial charge >= 0.3 is 0 Å². The number of thiazole rings is 1. The highest BCUT2D eigenvalue weighted by molar-refractivity contribution is 7.13. The molecular weight excluding hydrogens is 292 g/mol. The molecule has 0 aliphatic carbocycles. The van der Waals surface area contributed by atoms with Gasteiger partial charge in [-0.05, 0) is 23.8 Å². The van der Waals surface area contributed by atoms with Gasteiger partial charge in [0.2, 0.25) is 0 Å². The summed E-state index contributed by atoms with van der Waals surface area (Å²) < 4.78 is 0. The molecule has 0 radical (unpaired) electrons. The highest BCUT2D eigenvalue weighted by Crippen LogP contribution is 2.22. The Morgan fingerprint density at radius 2 is 2.05 bits per heavy atom. The monoisotopic (exact) mass is 302 g/mol. The second-order valence-electron chi connectivity index (χ2n) is 4.06. The van der Waals surface area contributed by atoms with E-state index in [0.717, 1.165) is 27.9 Å². The molecule has 0 aromatic carbocycles. The molecule has 3 heterocycles. The maximum Gasteiger partial charge on any atom is 0.141 e. The van der Waals surface area contributed by atoms with Gasteiger partial charge in [-0.2, -0.15) is 0 Å². The summed E-state index contributed by atoms with van der Waals surface area (Å²) in [6, 6.07) is 9.60. The summed E-state index contributed by atoms with van der Waals surface area (Å²) in [6.45, 7) is 0. The summed E-state index contributed by atoms with van der Waals surface area (Å²) >= 11 is 7.30. The van der Waals surface area contributed by atoms with E-state index in [2.05, 4.69) is 20.3 Å². The highest BCUT2D eigenvalue weighted by Gasteiger charge is 2.04. The average molecular weight is 303 g/mol. The van der Waals surface area contributed by atoms with E-state index < -0.39 is 0 Å². The minimum Gasteiger partial charge on any atom is -0.325 e. The Hall–Kier alpha value is -1.98. The predicted molar refractivity (Wildman–Crippen MR) is 82.4 cm³/mol. The van der Waals surface area contributed by atoms with Crippen LogP contribution in [0.2, 0.25) is 0 Å². The van der Waals surface area contributed by atoms with E-state index in [0.29, 0.717) is 5.88 Å². The van der Waals surface area contributed by atoms with Crippen LogP contribution in [0.5, 0.6) is 0 Å². The van der Waals surface area contributed by atoms with Gasteiger partial charge in [-0.25, -0.2) is 15.0 Å². The molecule has 0 unspecified atom stereocenters. The molecule has 0 aliphatic heterocycles. The van der Waals surface area contributed by atoms with Crippen molar-refractivity contribution in [3.05, 3.63) is 53.7 Å². The Morgan fingerprint density at radius 1 is 1.10 bits per heavy atom. The number of nitrogens with zero attached hydrogens (tertiary/aromatic N) is 3. The van der Waals surface area contributed by atoms with Gasteiger partial charge in [0.1, 0.15) is 22.3 Å². The quantitative estimate of drug-likeness (QED) is 0.738. The molecule has 0 atom stereocenters. The summed E-state index contributed by atoms with van der Waals surface area (Å²) in [4.78, 5) is 13.1. The zero-order valence-electron chi connectivity index (χ0n) is 10.5. The minimum absolute atomic E-state index is 0.463. The third-order valence-corrected chi connectivity index (χ3v) is 3.74. The van der Waals surface area contributed by atoms with Crippen molar-refractivity contribution in [1.29, 1.82) is 0 Å². The van der Waals surface area contributed by atoms with E-state index in [1.807, 2.05) is 35.7 Å². The molecule has 4 nitrogen and oxygen atoms in total. The summed E-state index contributed by atoms with van der Waals surface area (Å²) in [5, 5.41) is 6.01. The largest absolute Gasteiger partial charge is 0.325 e. The fraction of sp³-hybridized carbons (Fsp3) is 0.0714. The number of alkyl halides is 1. The van der Waals surface area contributed by atoms with Crippen molar-refractivity contribution in [1.82, 2.24) is 15.0 Å². The second kappa shape index (κ2) is 5.98. The van der Waals surface area contributed by atoms with Crippen LogP contribution in [-0.4, -0.2) is 15.0 Å². The molecule has 0 saturated heterocycles. The third kappa shape index (κ3) is 2.95. The average Bonchev–Trinajstić information content (AvgIpc) is 3.03. The molecule has 0 bridgehead atoms. The molecular formula is C14H11ClN4S. The van der Waals surface area contributed by atoms with E-state index >= 15 is 0 Å². The molecule has 0 fully saturated rings. The lowest BCUT2D eigenvalue weighted by Gasteiger charge is -2.06. The van der Waals surface area contributed by atoms with Crippen LogP contribution in [0.4, 0.5) is 11.6 Å². The third-order valence-electron chi connectivity index (χ3n) is 2.64. The van der Waals surface area contributed by atoms with Gasteiger partial charge in [-0.1, -0.05) is 12.1 Å². The lowest BCUT2D eigenvalue weighted by Crippen LogP contribution is -1.97. The van der Waals surface area contributed by atoms with Crippen LogP contribution in [0.15, 0.2) is 48.1 Å². The Bertz CT molecular complexity index is 683. The molecule has 0 saturated carbocycles. The first-order chi connectivity index (χ1) is 9.85. The predicted octanol–water partition coefficient (Wildman–Crippen LogP) is 4.08. The molecule has 20 heavy (non-hydrogen) atoms. The molecule has 0 spiro atoms. The van der Waals surface area contributed by atoms with E-state index in [4.69, 9.17) is 11.6 Å². The Kier molecular flexibility index (Phi) is 3.90. The standard InChI is InChI=1S/C14H11ClN4S/c15-8-10-4-5-12(17-9-10)19-13-3-1-2-11(18-13)14-16-6-7-20-14/h1-7,9H,8H2,(H,17,18,19). The van der Waals surface area contributed by atoms with Crippen molar-refractivity contribution in [3.8, 4) is 10.7 Å². The second-order valence-corrected chi connectivity index (χ2v) is 5.22. The summed E-state index contributed by atoms with van der Waals surface area (Å²) in [6.07, 6.45) is 3.52. The number of aromatic nitrogens is 3. The summed E-state index contributed by atoms with van der Waals surface area (Å²) in [5.41, 5.74) is 1.84. The molecule has 6 heteroatoms. The molecule has 0 amide bonds. The van der Waals surface area contributed by atoms with Gasteiger partial charge < -0.3 is 5.32 Å². The van der Waals surface area contributed by atoms with Crippen molar-refractivity contribution < 1.29 is 0 Å². The van der Waals surface area contributed by atoms with Crippen molar-refractivity contribution >= 4 is 34.6 Å². The van der Waals surface area contributed by atoms with Crippen LogP contribution in [0.25, 0.3) is 10.7 Å². The van der Waals surface area contributed by atoms with Gasteiger partial charge in [0.25, 0.3) is 0 Å². The van der Waals surface area contributed by atoms with Gasteiger partial charge in [0.15, 0.2) is 0 Å². The van der Waals surface area contributed by atoms with Crippen molar-refractivity contribution in [2.24, 2.45) is 0 Å². The van der Waals surface area contributed by atoms with E-state index in [9.17, 15) is 0 Å². The number of hydrogen-bond acceptors (Lipinski definition) is 5. The lowest BCUT2D eigenvalue weighted by atomic mass is 10.3. The SMILES string of the molecule is ClCc1ccc(Nc2cccc(-c3nccs3)n2)nc1. The van der Waals surface area contributed by atoms with Crippen molar-refractivity contribution in [3.63, 3.8) is 0 Å². The zero-order chi connectivity index (χ0) is 13.8. The Labute approximate surface area is 125 Å². The van der Waals surface area contributed by atoms with Crippen LogP contribution < -0.4 is 5.32 Å². The van der Waals surface area contributed by atoms with Crippen molar-refractivity contribution in [2.45, 2.75) is 5.88 Å². The van der Waals surface area contributed by atoms with Gasteiger partial charge in [0.05, 0.1) is 0 Å². The molecule has 3 aromatic rings. The van der Waals surface area contributed by atoms with Crippen LogP contribution in [-0.2, 0) is 5.88 Å². The zero-order valence-corrected chi connectivity index (χ0v) is 12.0. The number of pyridine rings is 2. The fourth-order valence-corrected chi connectivity index (χ4v) is 2.45. The van der Waals surface area contributed by atoms with Crippen LogP contribution in [0.1, 0.15) is 5.56 Å². The topological polar surface area (TPSA) is 50.7 Å². The number of hydrogen-bond donors (Lipinski definition) is 1. The first kappa shape index (κ1) is 13.0. The van der Waals surface area contributed by atoms with Gasteiger partial charge in [-0.15, -0.1) is 22.9 Å². The molecule has 3 rings (SSSR count). The Morgan fingerprint density at radius 3 is 2.75 bits per heavy atom. The summed E-state index contributed by atoms with van der Waals surface area (Å²) in [5.74, 6) is 1.94. The van der Waals surface area contributed by atoms with E-state index in [1.165, 1.54) is 0 Å². The molecule has 1 N–H and O–H groups in total. The first-order valence-corrected chi connectivity index (χ1v) is 7.41.